The second kappa shape index (κ2) is 8.08. The lowest BCUT2D eigenvalue weighted by Crippen LogP contribution is -2.28. The molecule has 0 saturated heterocycles. The van der Waals surface area contributed by atoms with Gasteiger partial charge in [0.25, 0.3) is 5.91 Å². The number of amides is 1. The van der Waals surface area contributed by atoms with Crippen molar-refractivity contribution in [2.24, 2.45) is 0 Å². The predicted octanol–water partition coefficient (Wildman–Crippen LogP) is 3.74. The molecule has 0 radical (unpaired) electrons. The van der Waals surface area contributed by atoms with Crippen LogP contribution in [0.15, 0.2) is 36.4 Å². The van der Waals surface area contributed by atoms with E-state index in [1.54, 1.807) is 0 Å². The van der Waals surface area contributed by atoms with E-state index in [0.717, 1.165) is 6.07 Å². The fourth-order valence-electron chi connectivity index (χ4n) is 1.77. The SMILES string of the molecule is O=C(COC(=O)c1cc(Cl)ccc1Cl)NCc1ccc(F)cc1F. The third-order valence-corrected chi connectivity index (χ3v) is 3.54. The molecule has 0 fully saturated rings. The summed E-state index contributed by atoms with van der Waals surface area (Å²) in [5.74, 6) is -2.95. The Morgan fingerprint density at radius 3 is 2.54 bits per heavy atom. The van der Waals surface area contributed by atoms with Gasteiger partial charge in [-0.15, -0.1) is 0 Å². The van der Waals surface area contributed by atoms with Gasteiger partial charge in [0.05, 0.1) is 10.6 Å². The van der Waals surface area contributed by atoms with Crippen molar-refractivity contribution >= 4 is 35.1 Å². The topological polar surface area (TPSA) is 55.4 Å². The van der Waals surface area contributed by atoms with E-state index in [2.05, 4.69) is 5.32 Å². The summed E-state index contributed by atoms with van der Waals surface area (Å²) in [7, 11) is 0. The first-order valence-corrected chi connectivity index (χ1v) is 7.45. The van der Waals surface area contributed by atoms with Crippen LogP contribution in [0.1, 0.15) is 15.9 Å². The van der Waals surface area contributed by atoms with Gasteiger partial charge >= 0.3 is 5.97 Å². The van der Waals surface area contributed by atoms with Crippen molar-refractivity contribution in [2.75, 3.05) is 6.61 Å². The number of hydrogen-bond acceptors (Lipinski definition) is 3. The summed E-state index contributed by atoms with van der Waals surface area (Å²) < 4.78 is 31.0. The van der Waals surface area contributed by atoms with E-state index in [4.69, 9.17) is 27.9 Å². The Morgan fingerprint density at radius 1 is 1.08 bits per heavy atom. The first-order chi connectivity index (χ1) is 11.4. The van der Waals surface area contributed by atoms with E-state index in [0.29, 0.717) is 11.1 Å². The second-order valence-electron chi connectivity index (χ2n) is 4.71. The molecule has 1 N–H and O–H groups in total. The monoisotopic (exact) mass is 373 g/mol. The third-order valence-electron chi connectivity index (χ3n) is 2.97. The Balaban J connectivity index is 1.86. The van der Waals surface area contributed by atoms with Crippen LogP contribution in [0.4, 0.5) is 8.78 Å². The van der Waals surface area contributed by atoms with Crippen LogP contribution < -0.4 is 5.32 Å². The van der Waals surface area contributed by atoms with Gasteiger partial charge in [-0.25, -0.2) is 13.6 Å². The highest BCUT2D eigenvalue weighted by Gasteiger charge is 2.14. The predicted molar refractivity (Wildman–Crippen MR) is 84.9 cm³/mol. The molecule has 126 valence electrons. The molecule has 2 rings (SSSR count). The summed E-state index contributed by atoms with van der Waals surface area (Å²) in [5.41, 5.74) is 0.135. The highest BCUT2D eigenvalue weighted by Crippen LogP contribution is 2.21. The molecular formula is C16H11Cl2F2NO3. The summed E-state index contributed by atoms with van der Waals surface area (Å²) in [5, 5.41) is 2.79. The van der Waals surface area contributed by atoms with Crippen molar-refractivity contribution < 1.29 is 23.1 Å². The van der Waals surface area contributed by atoms with Crippen LogP contribution in [-0.4, -0.2) is 18.5 Å². The summed E-state index contributed by atoms with van der Waals surface area (Å²) >= 11 is 11.6. The Hall–Kier alpha value is -2.18. The number of ether oxygens (including phenoxy) is 1. The first kappa shape index (κ1) is 18.2. The van der Waals surface area contributed by atoms with Crippen molar-refractivity contribution in [2.45, 2.75) is 6.54 Å². The molecule has 24 heavy (non-hydrogen) atoms. The average molecular weight is 374 g/mol. The van der Waals surface area contributed by atoms with E-state index >= 15 is 0 Å². The summed E-state index contributed by atoms with van der Waals surface area (Å²) in [6, 6.07) is 7.25. The minimum atomic E-state index is -0.814. The standard InChI is InChI=1S/C16H11Cl2F2NO3/c17-10-2-4-13(18)12(5-10)16(23)24-8-15(22)21-7-9-1-3-11(19)6-14(9)20/h1-6H,7-8H2,(H,21,22). The molecule has 0 aliphatic heterocycles. The minimum Gasteiger partial charge on any atom is -0.452 e. The molecular weight excluding hydrogens is 363 g/mol. The summed E-state index contributed by atoms with van der Waals surface area (Å²) in [4.78, 5) is 23.5. The molecule has 0 spiro atoms. The van der Waals surface area contributed by atoms with Gasteiger partial charge in [0.1, 0.15) is 11.6 Å². The number of carbonyl (C=O) groups excluding carboxylic acids is 2. The molecule has 0 atom stereocenters. The molecule has 8 heteroatoms. The quantitative estimate of drug-likeness (QED) is 0.812. The second-order valence-corrected chi connectivity index (χ2v) is 5.56. The average Bonchev–Trinajstić information content (AvgIpc) is 2.54. The Labute approximate surface area is 146 Å². The van der Waals surface area contributed by atoms with Crippen LogP contribution in [-0.2, 0) is 16.1 Å². The van der Waals surface area contributed by atoms with Crippen molar-refractivity contribution in [1.82, 2.24) is 5.32 Å². The number of carbonyl (C=O) groups is 2. The minimum absolute atomic E-state index is 0.0292. The van der Waals surface area contributed by atoms with Gasteiger partial charge in [-0.1, -0.05) is 29.3 Å². The van der Waals surface area contributed by atoms with Gasteiger partial charge in [-0.2, -0.15) is 0 Å². The normalized spacial score (nSPS) is 10.3. The number of benzene rings is 2. The number of hydrogen-bond donors (Lipinski definition) is 1. The molecule has 4 nitrogen and oxygen atoms in total. The van der Waals surface area contributed by atoms with Gasteiger partial charge in [0.15, 0.2) is 6.61 Å². The van der Waals surface area contributed by atoms with E-state index in [1.165, 1.54) is 24.3 Å². The highest BCUT2D eigenvalue weighted by atomic mass is 35.5. The zero-order valence-electron chi connectivity index (χ0n) is 12.1. The van der Waals surface area contributed by atoms with Gasteiger partial charge < -0.3 is 10.1 Å². The number of esters is 1. The van der Waals surface area contributed by atoms with Crippen LogP contribution in [0.2, 0.25) is 10.0 Å². The largest absolute Gasteiger partial charge is 0.452 e. The smallest absolute Gasteiger partial charge is 0.340 e. The van der Waals surface area contributed by atoms with Gasteiger partial charge in [-0.05, 0) is 24.3 Å². The van der Waals surface area contributed by atoms with Gasteiger partial charge in [0, 0.05) is 23.2 Å². The van der Waals surface area contributed by atoms with E-state index in [9.17, 15) is 18.4 Å². The Bertz CT molecular complexity index is 784. The molecule has 2 aromatic rings. The lowest BCUT2D eigenvalue weighted by molar-refractivity contribution is -0.124. The van der Waals surface area contributed by atoms with Crippen molar-refractivity contribution in [3.05, 3.63) is 69.2 Å². The Morgan fingerprint density at radius 2 is 1.83 bits per heavy atom. The number of nitrogens with one attached hydrogen (secondary N) is 1. The van der Waals surface area contributed by atoms with Gasteiger partial charge in [0.2, 0.25) is 0 Å². The molecule has 0 aromatic heterocycles. The summed E-state index contributed by atoms with van der Waals surface area (Å²) in [6.45, 7) is -0.745. The molecule has 0 aliphatic carbocycles. The summed E-state index contributed by atoms with van der Waals surface area (Å²) in [6.07, 6.45) is 0. The maximum atomic E-state index is 13.4. The van der Waals surface area contributed by atoms with E-state index in [-0.39, 0.29) is 22.7 Å². The van der Waals surface area contributed by atoms with Crippen molar-refractivity contribution in [3.8, 4) is 0 Å². The third kappa shape index (κ3) is 4.91. The maximum Gasteiger partial charge on any atom is 0.340 e. The number of rotatable bonds is 5. The molecule has 2 aromatic carbocycles. The molecule has 0 unspecified atom stereocenters. The maximum absolute atomic E-state index is 13.4. The van der Waals surface area contributed by atoms with Crippen LogP contribution >= 0.6 is 23.2 Å². The fourth-order valence-corrected chi connectivity index (χ4v) is 2.14. The molecule has 1 amide bonds. The van der Waals surface area contributed by atoms with Crippen LogP contribution in [0, 0.1) is 11.6 Å². The zero-order chi connectivity index (χ0) is 17.7. The van der Waals surface area contributed by atoms with E-state index in [1.807, 2.05) is 0 Å². The molecule has 0 saturated carbocycles. The van der Waals surface area contributed by atoms with Crippen LogP contribution in [0.3, 0.4) is 0 Å². The molecule has 0 aliphatic rings. The highest BCUT2D eigenvalue weighted by molar-refractivity contribution is 6.35. The Kier molecular flexibility index (Phi) is 6.11. The van der Waals surface area contributed by atoms with Crippen molar-refractivity contribution in [3.63, 3.8) is 0 Å². The van der Waals surface area contributed by atoms with Crippen LogP contribution in [0.25, 0.3) is 0 Å². The lowest BCUT2D eigenvalue weighted by atomic mass is 10.2. The van der Waals surface area contributed by atoms with E-state index < -0.39 is 30.1 Å². The van der Waals surface area contributed by atoms with Crippen molar-refractivity contribution in [1.29, 1.82) is 0 Å². The molecule has 0 bridgehead atoms. The molecule has 0 heterocycles. The van der Waals surface area contributed by atoms with Gasteiger partial charge in [-0.3, -0.25) is 4.79 Å². The number of halogens is 4. The van der Waals surface area contributed by atoms with Crippen LogP contribution in [0.5, 0.6) is 0 Å². The first-order valence-electron chi connectivity index (χ1n) is 6.69. The lowest BCUT2D eigenvalue weighted by Gasteiger charge is -2.08. The fraction of sp³-hybridized carbons (Fsp3) is 0.125. The zero-order valence-corrected chi connectivity index (χ0v) is 13.6.